The zero-order chi connectivity index (χ0) is 18.7. The van der Waals surface area contributed by atoms with Gasteiger partial charge in [-0.05, 0) is 39.3 Å². The van der Waals surface area contributed by atoms with E-state index in [2.05, 4.69) is 71.7 Å². The third-order valence-corrected chi connectivity index (χ3v) is 5.43. The molecule has 27 heavy (non-hydrogen) atoms. The Labute approximate surface area is 158 Å². The quantitative estimate of drug-likeness (QED) is 0.480. The summed E-state index contributed by atoms with van der Waals surface area (Å²) in [4.78, 5) is 13.9. The first-order valence-corrected chi connectivity index (χ1v) is 9.37. The maximum Gasteiger partial charge on any atom is 0.178 e. The van der Waals surface area contributed by atoms with Crippen LogP contribution in [0.2, 0.25) is 0 Å². The molecular formula is C22H22N4O. The van der Waals surface area contributed by atoms with Crippen LogP contribution in [0.5, 0.6) is 0 Å². The van der Waals surface area contributed by atoms with E-state index >= 15 is 0 Å². The van der Waals surface area contributed by atoms with Gasteiger partial charge in [-0.2, -0.15) is 0 Å². The average Bonchev–Trinajstić information content (AvgIpc) is 3.17. The van der Waals surface area contributed by atoms with Crippen molar-refractivity contribution in [2.45, 2.75) is 39.9 Å². The van der Waals surface area contributed by atoms with E-state index in [-0.39, 0.29) is 6.17 Å². The number of rotatable bonds is 2. The van der Waals surface area contributed by atoms with E-state index in [4.69, 9.17) is 4.42 Å². The first-order chi connectivity index (χ1) is 13.1. The van der Waals surface area contributed by atoms with Crippen LogP contribution in [0, 0.1) is 6.92 Å². The highest BCUT2D eigenvalue weighted by atomic mass is 16.3. The fourth-order valence-corrected chi connectivity index (χ4v) is 4.30. The molecule has 2 aromatic carbocycles. The van der Waals surface area contributed by atoms with Crippen LogP contribution < -0.4 is 9.80 Å². The summed E-state index contributed by atoms with van der Waals surface area (Å²) in [6, 6.07) is 12.8. The zero-order valence-electron chi connectivity index (χ0n) is 16.0. The summed E-state index contributed by atoms with van der Waals surface area (Å²) in [6.07, 6.45) is 3.62. The van der Waals surface area contributed by atoms with E-state index in [1.165, 1.54) is 0 Å². The number of fused-ring (bicyclic) bond motifs is 4. The Bertz CT molecular complexity index is 1160. The van der Waals surface area contributed by atoms with Gasteiger partial charge in [0.25, 0.3) is 0 Å². The van der Waals surface area contributed by atoms with Crippen molar-refractivity contribution in [3.8, 4) is 0 Å². The van der Waals surface area contributed by atoms with Crippen LogP contribution in [-0.4, -0.2) is 22.2 Å². The third-order valence-electron chi connectivity index (χ3n) is 5.43. The normalized spacial score (nSPS) is 16.7. The van der Waals surface area contributed by atoms with Crippen molar-refractivity contribution in [2.24, 2.45) is 0 Å². The molecule has 3 heterocycles. The van der Waals surface area contributed by atoms with E-state index < -0.39 is 0 Å². The van der Waals surface area contributed by atoms with Crippen LogP contribution in [0.4, 0.5) is 17.3 Å². The minimum absolute atomic E-state index is 0.0971. The number of aromatic nitrogens is 2. The van der Waals surface area contributed by atoms with Gasteiger partial charge in [-0.25, -0.2) is 9.97 Å². The summed E-state index contributed by atoms with van der Waals surface area (Å²) in [7, 11) is 0. The minimum atomic E-state index is 0.0971. The second kappa shape index (κ2) is 5.71. The topological polar surface area (TPSA) is 45.4 Å². The molecule has 0 unspecified atom stereocenters. The molecule has 5 nitrogen and oxygen atoms in total. The molecule has 1 aliphatic heterocycles. The molecule has 0 spiro atoms. The number of hydrogen-bond acceptors (Lipinski definition) is 5. The Kier molecular flexibility index (Phi) is 3.41. The number of benzene rings is 2. The van der Waals surface area contributed by atoms with Crippen molar-refractivity contribution in [3.63, 3.8) is 0 Å². The zero-order valence-corrected chi connectivity index (χ0v) is 16.0. The number of hydrogen-bond donors (Lipinski definition) is 0. The molecule has 0 saturated carbocycles. The molecule has 2 aromatic heterocycles. The molecule has 0 bridgehead atoms. The predicted octanol–water partition coefficient (Wildman–Crippen LogP) is 5.40. The standard InChI is InChI=1S/C22H22N4O/c1-13(2)25-15(4)26(22-21(25)23-11-12-24-22)19-14(3)9-10-17-16-7-5-6-8-18(16)27-20(17)19/h5-13,15H,1-4H3/t15-/m1/s1. The highest BCUT2D eigenvalue weighted by molar-refractivity contribution is 6.10. The predicted molar refractivity (Wildman–Crippen MR) is 110 cm³/mol. The van der Waals surface area contributed by atoms with Crippen LogP contribution in [0.1, 0.15) is 26.3 Å². The lowest BCUT2D eigenvalue weighted by Crippen LogP contribution is -2.42. The number of nitrogens with zero attached hydrogens (tertiary/aromatic N) is 4. The molecule has 4 aromatic rings. The second-order valence-corrected chi connectivity index (χ2v) is 7.41. The maximum atomic E-state index is 6.33. The van der Waals surface area contributed by atoms with E-state index in [1.54, 1.807) is 12.4 Å². The number of aryl methyl sites for hydroxylation is 1. The molecule has 0 saturated heterocycles. The lowest BCUT2D eigenvalue weighted by atomic mass is 10.1. The van der Waals surface area contributed by atoms with Crippen LogP contribution >= 0.6 is 0 Å². The Morgan fingerprint density at radius 3 is 2.48 bits per heavy atom. The molecule has 0 N–H and O–H groups in total. The van der Waals surface area contributed by atoms with Crippen molar-refractivity contribution in [1.29, 1.82) is 0 Å². The number of para-hydroxylation sites is 1. The SMILES string of the molecule is Cc1ccc2c(oc3ccccc32)c1N1c2nccnc2N(C(C)C)[C@H]1C. The van der Waals surface area contributed by atoms with Gasteiger partial charge in [-0.1, -0.05) is 30.3 Å². The lowest BCUT2D eigenvalue weighted by molar-refractivity contribution is 0.598. The number of furan rings is 1. The van der Waals surface area contributed by atoms with Crippen molar-refractivity contribution in [1.82, 2.24) is 9.97 Å². The summed E-state index contributed by atoms with van der Waals surface area (Å²) in [5.41, 5.74) is 4.05. The van der Waals surface area contributed by atoms with Gasteiger partial charge in [-0.15, -0.1) is 0 Å². The molecule has 5 heteroatoms. The largest absolute Gasteiger partial charge is 0.454 e. The van der Waals surface area contributed by atoms with Gasteiger partial charge < -0.3 is 9.32 Å². The molecular weight excluding hydrogens is 336 g/mol. The Morgan fingerprint density at radius 2 is 1.70 bits per heavy atom. The van der Waals surface area contributed by atoms with Gasteiger partial charge in [-0.3, -0.25) is 4.90 Å². The van der Waals surface area contributed by atoms with E-state index in [1.807, 2.05) is 12.1 Å². The molecule has 0 radical (unpaired) electrons. The molecule has 5 rings (SSSR count). The third kappa shape index (κ3) is 2.17. The molecule has 0 aliphatic carbocycles. The molecule has 1 aliphatic rings. The molecule has 0 amide bonds. The van der Waals surface area contributed by atoms with Crippen molar-refractivity contribution in [3.05, 3.63) is 54.4 Å². The van der Waals surface area contributed by atoms with Crippen molar-refractivity contribution < 1.29 is 4.42 Å². The molecule has 136 valence electrons. The number of anilines is 3. The summed E-state index contributed by atoms with van der Waals surface area (Å²) in [5, 5.41) is 2.27. The van der Waals surface area contributed by atoms with Gasteiger partial charge in [0.1, 0.15) is 11.7 Å². The van der Waals surface area contributed by atoms with E-state index in [0.717, 1.165) is 44.8 Å². The first kappa shape index (κ1) is 16.1. The van der Waals surface area contributed by atoms with Gasteiger partial charge in [0.05, 0.1) is 5.69 Å². The molecule has 1 atom stereocenters. The average molecular weight is 358 g/mol. The minimum Gasteiger partial charge on any atom is -0.454 e. The van der Waals surface area contributed by atoms with Gasteiger partial charge in [0.2, 0.25) is 0 Å². The summed E-state index contributed by atoms with van der Waals surface area (Å²) < 4.78 is 6.33. The van der Waals surface area contributed by atoms with Crippen molar-refractivity contribution in [2.75, 3.05) is 9.80 Å². The fraction of sp³-hybridized carbons (Fsp3) is 0.273. The Morgan fingerprint density at radius 1 is 0.963 bits per heavy atom. The Hall–Kier alpha value is -3.08. The van der Waals surface area contributed by atoms with Crippen LogP contribution in [0.3, 0.4) is 0 Å². The van der Waals surface area contributed by atoms with Gasteiger partial charge in [0, 0.05) is 29.2 Å². The monoisotopic (exact) mass is 358 g/mol. The summed E-state index contributed by atoms with van der Waals surface area (Å²) in [5.74, 6) is 1.81. The highest BCUT2D eigenvalue weighted by Crippen LogP contribution is 2.47. The van der Waals surface area contributed by atoms with Crippen molar-refractivity contribution >= 4 is 39.3 Å². The summed E-state index contributed by atoms with van der Waals surface area (Å²) >= 11 is 0. The van der Waals surface area contributed by atoms with Crippen LogP contribution in [-0.2, 0) is 0 Å². The first-order valence-electron chi connectivity index (χ1n) is 9.37. The fourth-order valence-electron chi connectivity index (χ4n) is 4.30. The highest BCUT2D eigenvalue weighted by Gasteiger charge is 2.39. The van der Waals surface area contributed by atoms with E-state index in [0.29, 0.717) is 6.04 Å². The van der Waals surface area contributed by atoms with Gasteiger partial charge >= 0.3 is 0 Å². The van der Waals surface area contributed by atoms with Crippen LogP contribution in [0.15, 0.2) is 53.2 Å². The van der Waals surface area contributed by atoms with Gasteiger partial charge in [0.15, 0.2) is 17.2 Å². The van der Waals surface area contributed by atoms with E-state index in [9.17, 15) is 0 Å². The lowest BCUT2D eigenvalue weighted by Gasteiger charge is -2.32. The maximum absolute atomic E-state index is 6.33. The Balaban J connectivity index is 1.82. The smallest absolute Gasteiger partial charge is 0.178 e. The molecule has 0 fully saturated rings. The van der Waals surface area contributed by atoms with Crippen LogP contribution in [0.25, 0.3) is 21.9 Å². The summed E-state index contributed by atoms with van der Waals surface area (Å²) in [6.45, 7) is 8.70. The second-order valence-electron chi connectivity index (χ2n) is 7.41.